The summed E-state index contributed by atoms with van der Waals surface area (Å²) in [6, 6.07) is 1.55. The van der Waals surface area contributed by atoms with Crippen LogP contribution in [0.3, 0.4) is 0 Å². The Kier molecular flexibility index (Phi) is 2.67. The molecular weight excluding hydrogens is 157 g/mol. The molecule has 0 radical (unpaired) electrons. The molecule has 64 valence electrons. The summed E-state index contributed by atoms with van der Waals surface area (Å²) < 4.78 is 4.88. The van der Waals surface area contributed by atoms with Gasteiger partial charge in [0.1, 0.15) is 5.75 Å². The molecule has 0 unspecified atom stereocenters. The maximum atomic E-state index is 8.88. The molecule has 0 atom stereocenters. The second kappa shape index (κ2) is 3.56. The monoisotopic (exact) mass is 167 g/mol. The first-order chi connectivity index (χ1) is 5.65. The van der Waals surface area contributed by atoms with E-state index in [9.17, 15) is 0 Å². The van der Waals surface area contributed by atoms with Gasteiger partial charge >= 0.3 is 7.12 Å². The summed E-state index contributed by atoms with van der Waals surface area (Å²) in [7, 11) is 0.00692. The molecule has 0 amide bonds. The number of pyridine rings is 1. The lowest BCUT2D eigenvalue weighted by molar-refractivity contribution is 0.409. The fourth-order valence-corrected chi connectivity index (χ4v) is 0.903. The summed E-state index contributed by atoms with van der Waals surface area (Å²) in [6.07, 6.45) is 1.53. The molecule has 5 heteroatoms. The first kappa shape index (κ1) is 9.03. The Morgan fingerprint density at radius 3 is 2.67 bits per heavy atom. The molecule has 0 spiro atoms. The topological polar surface area (TPSA) is 62.6 Å². The van der Waals surface area contributed by atoms with Gasteiger partial charge in [0.25, 0.3) is 0 Å². The lowest BCUT2D eigenvalue weighted by atomic mass is 9.79. The van der Waals surface area contributed by atoms with Crippen molar-refractivity contribution in [3.63, 3.8) is 0 Å². The van der Waals surface area contributed by atoms with Gasteiger partial charge in [0.05, 0.1) is 13.3 Å². The van der Waals surface area contributed by atoms with Gasteiger partial charge in [-0.15, -0.1) is 0 Å². The van der Waals surface area contributed by atoms with Crippen LogP contribution in [0, 0.1) is 6.92 Å². The van der Waals surface area contributed by atoms with Crippen LogP contribution >= 0.6 is 0 Å². The van der Waals surface area contributed by atoms with Gasteiger partial charge in [-0.3, -0.25) is 4.98 Å². The molecule has 0 bridgehead atoms. The van der Waals surface area contributed by atoms with Crippen molar-refractivity contribution in [1.82, 2.24) is 4.98 Å². The molecule has 2 N–H and O–H groups in total. The van der Waals surface area contributed by atoms with E-state index in [-0.39, 0.29) is 0 Å². The summed E-state index contributed by atoms with van der Waals surface area (Å²) in [6.45, 7) is 1.70. The van der Waals surface area contributed by atoms with E-state index >= 15 is 0 Å². The molecule has 1 aromatic heterocycles. The Balaban J connectivity index is 3.08. The van der Waals surface area contributed by atoms with E-state index in [0.717, 1.165) is 0 Å². The van der Waals surface area contributed by atoms with Crippen LogP contribution in [0.1, 0.15) is 5.69 Å². The quantitative estimate of drug-likeness (QED) is 0.559. The van der Waals surface area contributed by atoms with Gasteiger partial charge < -0.3 is 14.8 Å². The van der Waals surface area contributed by atoms with Crippen molar-refractivity contribution in [3.05, 3.63) is 18.0 Å². The highest BCUT2D eigenvalue weighted by molar-refractivity contribution is 6.59. The minimum absolute atomic E-state index is 0.370. The van der Waals surface area contributed by atoms with E-state index in [0.29, 0.717) is 16.9 Å². The fraction of sp³-hybridized carbons (Fsp3) is 0.286. The molecular formula is C7H10BNO3. The summed E-state index contributed by atoms with van der Waals surface area (Å²) >= 11 is 0. The molecule has 0 aliphatic heterocycles. The minimum atomic E-state index is -1.49. The minimum Gasteiger partial charge on any atom is -0.495 e. The molecule has 4 nitrogen and oxygen atoms in total. The maximum Gasteiger partial charge on any atom is 0.490 e. The zero-order chi connectivity index (χ0) is 9.14. The Hall–Kier alpha value is -1.07. The predicted molar refractivity (Wildman–Crippen MR) is 45.4 cm³/mol. The summed E-state index contributed by atoms with van der Waals surface area (Å²) in [4.78, 5) is 3.93. The number of aryl methyl sites for hydroxylation is 1. The number of hydrogen-bond donors (Lipinski definition) is 2. The first-order valence-electron chi connectivity index (χ1n) is 3.52. The van der Waals surface area contributed by atoms with Gasteiger partial charge in [-0.2, -0.15) is 0 Å². The van der Waals surface area contributed by atoms with E-state index in [1.807, 2.05) is 0 Å². The normalized spacial score (nSPS) is 9.67. The molecule has 0 aliphatic rings. The largest absolute Gasteiger partial charge is 0.495 e. The highest BCUT2D eigenvalue weighted by Gasteiger charge is 2.15. The third-order valence-electron chi connectivity index (χ3n) is 1.61. The van der Waals surface area contributed by atoms with Crippen molar-refractivity contribution in [3.8, 4) is 5.75 Å². The van der Waals surface area contributed by atoms with Gasteiger partial charge in [-0.25, -0.2) is 0 Å². The number of ether oxygens (including phenoxy) is 1. The van der Waals surface area contributed by atoms with Crippen LogP contribution in [0.4, 0.5) is 0 Å². The second-order valence-electron chi connectivity index (χ2n) is 2.42. The predicted octanol–water partition coefficient (Wildman–Crippen LogP) is -0.922. The summed E-state index contributed by atoms with van der Waals surface area (Å²) in [5.41, 5.74) is 0.958. The van der Waals surface area contributed by atoms with Crippen LogP contribution in [0.15, 0.2) is 12.3 Å². The molecule has 0 aromatic carbocycles. The molecule has 1 heterocycles. The number of rotatable bonds is 2. The van der Waals surface area contributed by atoms with Gasteiger partial charge in [0.15, 0.2) is 0 Å². The van der Waals surface area contributed by atoms with Crippen LogP contribution in [0.2, 0.25) is 0 Å². The van der Waals surface area contributed by atoms with Gasteiger partial charge in [-0.1, -0.05) is 0 Å². The molecule has 0 saturated carbocycles. The smallest absolute Gasteiger partial charge is 0.490 e. The first-order valence-corrected chi connectivity index (χ1v) is 3.52. The molecule has 0 saturated heterocycles. The van der Waals surface area contributed by atoms with Crippen LogP contribution in [0.25, 0.3) is 0 Å². The standard InChI is InChI=1S/C7H10BNO3/c1-5-7(8(10)11)3-6(12-2)4-9-5/h3-4,10-11H,1-2H3. The zero-order valence-corrected chi connectivity index (χ0v) is 6.98. The van der Waals surface area contributed by atoms with E-state index in [4.69, 9.17) is 14.8 Å². The number of nitrogens with zero attached hydrogens (tertiary/aromatic N) is 1. The summed E-state index contributed by atoms with van der Waals surface area (Å²) in [5.74, 6) is 0.517. The van der Waals surface area contributed by atoms with E-state index in [2.05, 4.69) is 4.98 Å². The van der Waals surface area contributed by atoms with Crippen molar-refractivity contribution in [2.45, 2.75) is 6.92 Å². The van der Waals surface area contributed by atoms with Crippen LogP contribution in [-0.2, 0) is 0 Å². The Morgan fingerprint density at radius 2 is 2.17 bits per heavy atom. The van der Waals surface area contributed by atoms with E-state index in [1.165, 1.54) is 13.3 Å². The fourth-order valence-electron chi connectivity index (χ4n) is 0.903. The van der Waals surface area contributed by atoms with Crippen molar-refractivity contribution < 1.29 is 14.8 Å². The highest BCUT2D eigenvalue weighted by atomic mass is 16.5. The summed E-state index contributed by atoms with van der Waals surface area (Å²) in [5, 5.41) is 17.8. The second-order valence-corrected chi connectivity index (χ2v) is 2.42. The maximum absolute atomic E-state index is 8.88. The SMILES string of the molecule is COc1cnc(C)c(B(O)O)c1. The Morgan fingerprint density at radius 1 is 1.50 bits per heavy atom. The van der Waals surface area contributed by atoms with Crippen LogP contribution in [0.5, 0.6) is 5.75 Å². The third kappa shape index (κ3) is 1.75. The molecule has 1 rings (SSSR count). The molecule has 12 heavy (non-hydrogen) atoms. The zero-order valence-electron chi connectivity index (χ0n) is 6.98. The Labute approximate surface area is 71.0 Å². The molecule has 0 aliphatic carbocycles. The average Bonchev–Trinajstić information content (AvgIpc) is 2.05. The van der Waals surface area contributed by atoms with Crippen molar-refractivity contribution in [2.24, 2.45) is 0 Å². The lowest BCUT2D eigenvalue weighted by Gasteiger charge is -2.05. The number of hydrogen-bond acceptors (Lipinski definition) is 4. The van der Waals surface area contributed by atoms with E-state index < -0.39 is 7.12 Å². The van der Waals surface area contributed by atoms with Gasteiger partial charge in [0.2, 0.25) is 0 Å². The van der Waals surface area contributed by atoms with Gasteiger partial charge in [-0.05, 0) is 13.0 Å². The van der Waals surface area contributed by atoms with Crippen LogP contribution < -0.4 is 10.2 Å². The molecule has 0 fully saturated rings. The van der Waals surface area contributed by atoms with Crippen LogP contribution in [-0.4, -0.2) is 29.3 Å². The van der Waals surface area contributed by atoms with Crippen molar-refractivity contribution in [1.29, 1.82) is 0 Å². The highest BCUT2D eigenvalue weighted by Crippen LogP contribution is 2.05. The Bertz CT molecular complexity index is 277. The average molecular weight is 167 g/mol. The lowest BCUT2D eigenvalue weighted by Crippen LogP contribution is -2.32. The van der Waals surface area contributed by atoms with Crippen molar-refractivity contribution in [2.75, 3.05) is 7.11 Å². The van der Waals surface area contributed by atoms with Gasteiger partial charge in [0, 0.05) is 11.2 Å². The van der Waals surface area contributed by atoms with E-state index in [1.54, 1.807) is 13.0 Å². The molecule has 1 aromatic rings. The third-order valence-corrected chi connectivity index (χ3v) is 1.61. The number of methoxy groups -OCH3 is 1. The number of aromatic nitrogens is 1. The van der Waals surface area contributed by atoms with Crippen molar-refractivity contribution >= 4 is 12.6 Å².